The van der Waals surface area contributed by atoms with Crippen LogP contribution in [0.5, 0.6) is 5.75 Å². The maximum absolute atomic E-state index is 12.3. The van der Waals surface area contributed by atoms with Gasteiger partial charge in [-0.05, 0) is 38.4 Å². The molecular weight excluding hydrogens is 403 g/mol. The molecule has 1 N–H and O–H groups in total. The van der Waals surface area contributed by atoms with E-state index < -0.39 is 0 Å². The van der Waals surface area contributed by atoms with Gasteiger partial charge in [0.2, 0.25) is 0 Å². The zero-order chi connectivity index (χ0) is 20.1. The number of ether oxygens (including phenoxy) is 1. The first-order chi connectivity index (χ1) is 13.4. The van der Waals surface area contributed by atoms with Crippen molar-refractivity contribution < 1.29 is 13.9 Å². The smallest absolute Gasteiger partial charge is 0.291 e. The van der Waals surface area contributed by atoms with Gasteiger partial charge in [0.15, 0.2) is 5.76 Å². The molecule has 0 fully saturated rings. The molecule has 7 nitrogen and oxygen atoms in total. The fourth-order valence-electron chi connectivity index (χ4n) is 2.37. The summed E-state index contributed by atoms with van der Waals surface area (Å²) in [6, 6.07) is 8.38. The van der Waals surface area contributed by atoms with Gasteiger partial charge in [-0.2, -0.15) is 5.10 Å². The number of carbonyl (C=O) groups excluding carboxylic acids is 1. The molecule has 1 aromatic carbocycles. The first-order valence-corrected chi connectivity index (χ1v) is 9.32. The maximum atomic E-state index is 12.3. The van der Waals surface area contributed by atoms with E-state index in [1.807, 2.05) is 14.1 Å². The third-order valence-electron chi connectivity index (χ3n) is 3.84. The zero-order valence-corrected chi connectivity index (χ0v) is 17.0. The van der Waals surface area contributed by atoms with Gasteiger partial charge in [0.25, 0.3) is 5.91 Å². The molecule has 0 saturated heterocycles. The predicted molar refractivity (Wildman–Crippen MR) is 108 cm³/mol. The first kappa shape index (κ1) is 20.3. The highest BCUT2D eigenvalue weighted by Crippen LogP contribution is 2.32. The molecule has 28 heavy (non-hydrogen) atoms. The standard InChI is InChI=1S/C19H20Cl2N4O3/c1-24(2)8-9-25-11-13(10-22-25)23-19(26)17-7-6-14(28-17)12-27-16-5-3-4-15(20)18(16)21/h3-7,10-11H,8-9,12H2,1-2H3,(H,23,26). The van der Waals surface area contributed by atoms with Crippen LogP contribution in [0.2, 0.25) is 10.0 Å². The number of furan rings is 1. The van der Waals surface area contributed by atoms with Crippen LogP contribution in [0.15, 0.2) is 47.1 Å². The minimum absolute atomic E-state index is 0.121. The van der Waals surface area contributed by atoms with Crippen LogP contribution in [0.25, 0.3) is 0 Å². The molecule has 0 aliphatic rings. The van der Waals surface area contributed by atoms with E-state index in [9.17, 15) is 4.79 Å². The van der Waals surface area contributed by atoms with E-state index in [4.69, 9.17) is 32.4 Å². The van der Waals surface area contributed by atoms with Gasteiger partial charge in [-0.25, -0.2) is 0 Å². The summed E-state index contributed by atoms with van der Waals surface area (Å²) in [7, 11) is 3.98. The van der Waals surface area contributed by atoms with Crippen LogP contribution in [0, 0.1) is 0 Å². The quantitative estimate of drug-likeness (QED) is 0.589. The number of nitrogens with one attached hydrogen (secondary N) is 1. The van der Waals surface area contributed by atoms with E-state index in [0.29, 0.717) is 27.2 Å². The van der Waals surface area contributed by atoms with Crippen molar-refractivity contribution in [2.24, 2.45) is 0 Å². The number of likely N-dealkylation sites (N-methyl/N-ethyl adjacent to an activating group) is 1. The first-order valence-electron chi connectivity index (χ1n) is 8.56. The Morgan fingerprint density at radius 1 is 1.29 bits per heavy atom. The summed E-state index contributed by atoms with van der Waals surface area (Å²) in [4.78, 5) is 14.4. The molecule has 2 heterocycles. The van der Waals surface area contributed by atoms with Crippen LogP contribution in [-0.4, -0.2) is 41.2 Å². The fourth-order valence-corrected chi connectivity index (χ4v) is 2.71. The normalized spacial score (nSPS) is 11.0. The molecule has 3 rings (SSSR count). The lowest BCUT2D eigenvalue weighted by molar-refractivity contribution is 0.0992. The Bertz CT molecular complexity index is 952. The number of rotatable bonds is 8. The molecule has 0 saturated carbocycles. The molecule has 3 aromatic rings. The zero-order valence-electron chi connectivity index (χ0n) is 15.5. The molecule has 0 bridgehead atoms. The van der Waals surface area contributed by atoms with Crippen molar-refractivity contribution >= 4 is 34.8 Å². The summed E-state index contributed by atoms with van der Waals surface area (Å²) in [5.41, 5.74) is 0.601. The lowest BCUT2D eigenvalue weighted by Gasteiger charge is -2.08. The number of carbonyl (C=O) groups is 1. The number of hydrogen-bond acceptors (Lipinski definition) is 5. The average molecular weight is 423 g/mol. The van der Waals surface area contributed by atoms with Crippen LogP contribution in [0.1, 0.15) is 16.3 Å². The van der Waals surface area contributed by atoms with Crippen molar-refractivity contribution in [2.75, 3.05) is 26.0 Å². The van der Waals surface area contributed by atoms with Gasteiger partial charge in [-0.3, -0.25) is 9.48 Å². The van der Waals surface area contributed by atoms with Crippen molar-refractivity contribution in [3.05, 3.63) is 64.3 Å². The number of anilines is 1. The van der Waals surface area contributed by atoms with Gasteiger partial charge in [-0.1, -0.05) is 29.3 Å². The minimum Gasteiger partial charge on any atom is -0.484 e. The Morgan fingerprint density at radius 3 is 2.89 bits per heavy atom. The number of aromatic nitrogens is 2. The van der Waals surface area contributed by atoms with Gasteiger partial charge in [0.05, 0.1) is 23.5 Å². The van der Waals surface area contributed by atoms with Crippen molar-refractivity contribution in [1.82, 2.24) is 14.7 Å². The van der Waals surface area contributed by atoms with Crippen LogP contribution >= 0.6 is 23.2 Å². The Hall–Kier alpha value is -2.48. The van der Waals surface area contributed by atoms with E-state index in [1.165, 1.54) is 0 Å². The Balaban J connectivity index is 1.56. The largest absolute Gasteiger partial charge is 0.484 e. The molecule has 0 unspecified atom stereocenters. The molecule has 9 heteroatoms. The van der Waals surface area contributed by atoms with E-state index in [0.717, 1.165) is 13.1 Å². The SMILES string of the molecule is CN(C)CCn1cc(NC(=O)c2ccc(COc3cccc(Cl)c3Cl)o2)cn1. The van der Waals surface area contributed by atoms with Crippen LogP contribution in [0.4, 0.5) is 5.69 Å². The molecule has 0 atom stereocenters. The summed E-state index contributed by atoms with van der Waals surface area (Å²) in [5.74, 6) is 0.751. The van der Waals surface area contributed by atoms with Crippen LogP contribution in [0.3, 0.4) is 0 Å². The highest BCUT2D eigenvalue weighted by Gasteiger charge is 2.14. The molecule has 2 aromatic heterocycles. The predicted octanol–water partition coefficient (Wildman–Crippen LogP) is 4.18. The molecule has 0 aliphatic heterocycles. The second-order valence-corrected chi connectivity index (χ2v) is 7.14. The lowest BCUT2D eigenvalue weighted by atomic mass is 10.3. The summed E-state index contributed by atoms with van der Waals surface area (Å²) in [6.07, 6.45) is 3.37. The number of hydrogen-bond donors (Lipinski definition) is 1. The number of benzene rings is 1. The third kappa shape index (κ3) is 5.28. The maximum Gasteiger partial charge on any atom is 0.291 e. The van der Waals surface area contributed by atoms with Crippen LogP contribution < -0.4 is 10.1 Å². The van der Waals surface area contributed by atoms with Gasteiger partial charge >= 0.3 is 0 Å². The second-order valence-electron chi connectivity index (χ2n) is 6.36. The molecule has 1 amide bonds. The Kier molecular flexibility index (Phi) is 6.61. The van der Waals surface area contributed by atoms with E-state index in [1.54, 1.807) is 47.4 Å². The van der Waals surface area contributed by atoms with E-state index in [-0.39, 0.29) is 18.3 Å². The lowest BCUT2D eigenvalue weighted by Crippen LogP contribution is -2.18. The summed E-state index contributed by atoms with van der Waals surface area (Å²) < 4.78 is 12.9. The van der Waals surface area contributed by atoms with Crippen molar-refractivity contribution in [3.63, 3.8) is 0 Å². The van der Waals surface area contributed by atoms with Gasteiger partial charge in [0, 0.05) is 12.7 Å². The van der Waals surface area contributed by atoms with Gasteiger partial charge < -0.3 is 19.4 Å². The summed E-state index contributed by atoms with van der Waals surface area (Å²) in [6.45, 7) is 1.71. The van der Waals surface area contributed by atoms with Gasteiger partial charge in [-0.15, -0.1) is 0 Å². The fraction of sp³-hybridized carbons (Fsp3) is 0.263. The molecule has 0 spiro atoms. The molecular formula is C19H20Cl2N4O3. The van der Waals surface area contributed by atoms with Crippen LogP contribution in [-0.2, 0) is 13.2 Å². The Labute approximate surface area is 172 Å². The number of halogens is 2. The second kappa shape index (κ2) is 9.14. The van der Waals surface area contributed by atoms with E-state index >= 15 is 0 Å². The number of amides is 1. The van der Waals surface area contributed by atoms with Gasteiger partial charge in [0.1, 0.15) is 23.1 Å². The highest BCUT2D eigenvalue weighted by atomic mass is 35.5. The minimum atomic E-state index is -0.362. The molecule has 0 radical (unpaired) electrons. The highest BCUT2D eigenvalue weighted by molar-refractivity contribution is 6.42. The number of nitrogens with zero attached hydrogens (tertiary/aromatic N) is 3. The third-order valence-corrected chi connectivity index (χ3v) is 4.64. The van der Waals surface area contributed by atoms with Crippen molar-refractivity contribution in [1.29, 1.82) is 0 Å². The summed E-state index contributed by atoms with van der Waals surface area (Å²) in [5, 5.41) is 7.72. The Morgan fingerprint density at radius 2 is 2.11 bits per heavy atom. The molecule has 0 aliphatic carbocycles. The molecule has 148 valence electrons. The van der Waals surface area contributed by atoms with Crippen molar-refractivity contribution in [3.8, 4) is 5.75 Å². The topological polar surface area (TPSA) is 72.5 Å². The summed E-state index contributed by atoms with van der Waals surface area (Å²) >= 11 is 12.0. The van der Waals surface area contributed by atoms with E-state index in [2.05, 4.69) is 15.3 Å². The van der Waals surface area contributed by atoms with Crippen molar-refractivity contribution in [2.45, 2.75) is 13.2 Å². The average Bonchev–Trinajstić information content (AvgIpc) is 3.30. The monoisotopic (exact) mass is 422 g/mol.